The molecule has 3 heteroatoms. The summed E-state index contributed by atoms with van der Waals surface area (Å²) in [6.45, 7) is -0.729. The van der Waals surface area contributed by atoms with Gasteiger partial charge in [0.2, 0.25) is 0 Å². The Morgan fingerprint density at radius 3 is 0.361 bits per heavy atom. The zero-order valence-electron chi connectivity index (χ0n) is 24.5. The second kappa shape index (κ2) is 32.9. The van der Waals surface area contributed by atoms with Crippen molar-refractivity contribution in [2.45, 2.75) is 199 Å². The Kier molecular flexibility index (Phi) is 32.8. The maximum atomic E-state index is 8.17. The minimum absolute atomic E-state index is 0.365. The van der Waals surface area contributed by atoms with E-state index in [2.05, 4.69) is 0 Å². The van der Waals surface area contributed by atoms with Crippen LogP contribution in [0.15, 0.2) is 0 Å². The predicted octanol–water partition coefficient (Wildman–Crippen LogP) is 10.0. The molecule has 0 radical (unpaired) electrons. The van der Waals surface area contributed by atoms with E-state index in [4.69, 9.17) is 15.3 Å². The van der Waals surface area contributed by atoms with Gasteiger partial charge >= 0.3 is 0 Å². The Bertz CT molecular complexity index is 223. The molecule has 3 aliphatic carbocycles. The standard InChI is InChI=1S/3C10H20.C3H8O3/c3*1-2-4-6-8-10-9-7-5-3-1;4-1-3(6)2-5/h3*1-10H2;3-6H,1-2H2. The van der Waals surface area contributed by atoms with E-state index in [0.717, 1.165) is 0 Å². The third-order valence-electron chi connectivity index (χ3n) is 7.92. The highest BCUT2D eigenvalue weighted by molar-refractivity contribution is 4.53. The van der Waals surface area contributed by atoms with Crippen molar-refractivity contribution in [1.29, 1.82) is 0 Å². The Morgan fingerprint density at radius 2 is 0.333 bits per heavy atom. The van der Waals surface area contributed by atoms with Crippen LogP contribution in [0.4, 0.5) is 0 Å². The van der Waals surface area contributed by atoms with Crippen molar-refractivity contribution in [2.24, 2.45) is 0 Å². The average molecular weight is 513 g/mol. The smallest absolute Gasteiger partial charge is 0.100 e. The molecule has 0 aromatic rings. The quantitative estimate of drug-likeness (QED) is 0.345. The number of rotatable bonds is 2. The predicted molar refractivity (Wildman–Crippen MR) is 159 cm³/mol. The fraction of sp³-hybridized carbons (Fsp3) is 1.00. The van der Waals surface area contributed by atoms with Gasteiger partial charge in [-0.3, -0.25) is 0 Å². The first kappa shape index (κ1) is 35.9. The minimum Gasteiger partial charge on any atom is -0.394 e. The van der Waals surface area contributed by atoms with Gasteiger partial charge < -0.3 is 15.3 Å². The first-order valence-corrected chi connectivity index (χ1v) is 16.7. The van der Waals surface area contributed by atoms with Gasteiger partial charge in [0.25, 0.3) is 0 Å². The lowest BCUT2D eigenvalue weighted by atomic mass is 10.0. The molecule has 0 aliphatic heterocycles. The molecule has 3 rings (SSSR count). The van der Waals surface area contributed by atoms with Gasteiger partial charge in [0.05, 0.1) is 13.2 Å². The monoisotopic (exact) mass is 513 g/mol. The van der Waals surface area contributed by atoms with E-state index in [1.807, 2.05) is 0 Å². The molecule has 36 heavy (non-hydrogen) atoms. The van der Waals surface area contributed by atoms with Gasteiger partial charge in [0.1, 0.15) is 6.10 Å². The summed E-state index contributed by atoms with van der Waals surface area (Å²) in [5.74, 6) is 0. The van der Waals surface area contributed by atoms with Gasteiger partial charge in [-0.2, -0.15) is 0 Å². The maximum Gasteiger partial charge on any atom is 0.100 e. The molecular formula is C33H68O3. The maximum absolute atomic E-state index is 8.17. The Hall–Kier alpha value is -0.120. The molecule has 3 aliphatic rings. The molecule has 0 unspecified atom stereocenters. The number of aliphatic hydroxyl groups excluding tert-OH is 3. The summed E-state index contributed by atoms with van der Waals surface area (Å²) >= 11 is 0. The Morgan fingerprint density at radius 1 is 0.250 bits per heavy atom. The third-order valence-corrected chi connectivity index (χ3v) is 7.92. The van der Waals surface area contributed by atoms with Crippen LogP contribution in [0.2, 0.25) is 0 Å². The zero-order valence-corrected chi connectivity index (χ0v) is 24.5. The van der Waals surface area contributed by atoms with E-state index in [0.29, 0.717) is 0 Å². The fourth-order valence-corrected chi connectivity index (χ4v) is 5.36. The highest BCUT2D eigenvalue weighted by Gasteiger charge is 1.98. The fourth-order valence-electron chi connectivity index (χ4n) is 5.36. The summed E-state index contributed by atoms with van der Waals surface area (Å²) in [6, 6.07) is 0. The molecule has 0 aromatic heterocycles. The summed E-state index contributed by atoms with van der Waals surface area (Å²) in [5.41, 5.74) is 0. The van der Waals surface area contributed by atoms with Crippen LogP contribution in [0.1, 0.15) is 193 Å². The molecule has 3 nitrogen and oxygen atoms in total. The summed E-state index contributed by atoms with van der Waals surface area (Å²) in [4.78, 5) is 0. The molecule has 0 atom stereocenters. The van der Waals surface area contributed by atoms with Gasteiger partial charge in [-0.15, -0.1) is 0 Å². The van der Waals surface area contributed by atoms with E-state index < -0.39 is 6.10 Å². The van der Waals surface area contributed by atoms with Crippen molar-refractivity contribution in [3.8, 4) is 0 Å². The van der Waals surface area contributed by atoms with Crippen LogP contribution in [-0.2, 0) is 0 Å². The number of hydrogen-bond donors (Lipinski definition) is 3. The lowest BCUT2D eigenvalue weighted by Crippen LogP contribution is -2.15. The number of hydrogen-bond acceptors (Lipinski definition) is 3. The van der Waals surface area contributed by atoms with E-state index in [9.17, 15) is 0 Å². The van der Waals surface area contributed by atoms with Crippen LogP contribution in [0.3, 0.4) is 0 Å². The second-order valence-electron chi connectivity index (χ2n) is 11.6. The van der Waals surface area contributed by atoms with Crippen LogP contribution in [0.25, 0.3) is 0 Å². The van der Waals surface area contributed by atoms with Gasteiger partial charge in [-0.25, -0.2) is 0 Å². The average Bonchev–Trinajstić information content (AvgIpc) is 2.94. The molecule has 218 valence electrons. The van der Waals surface area contributed by atoms with E-state index in [-0.39, 0.29) is 13.2 Å². The van der Waals surface area contributed by atoms with Gasteiger partial charge in [-0.05, 0) is 0 Å². The SMILES string of the molecule is C1CCCCCCCCC1.C1CCCCCCCCC1.C1CCCCCCCCC1.OCC(O)CO. The van der Waals surface area contributed by atoms with Gasteiger partial charge in [0.15, 0.2) is 0 Å². The second-order valence-corrected chi connectivity index (χ2v) is 11.6. The summed E-state index contributed by atoms with van der Waals surface area (Å²) in [7, 11) is 0. The first-order chi connectivity index (χ1) is 17.8. The highest BCUT2D eigenvalue weighted by atomic mass is 16.3. The van der Waals surface area contributed by atoms with Crippen molar-refractivity contribution in [3.05, 3.63) is 0 Å². The molecule has 3 fully saturated rings. The van der Waals surface area contributed by atoms with Crippen molar-refractivity contribution >= 4 is 0 Å². The van der Waals surface area contributed by atoms with Crippen LogP contribution < -0.4 is 0 Å². The van der Waals surface area contributed by atoms with E-state index in [1.165, 1.54) is 193 Å². The van der Waals surface area contributed by atoms with Gasteiger partial charge in [-0.1, -0.05) is 193 Å². The molecule has 0 saturated heterocycles. The van der Waals surface area contributed by atoms with E-state index in [1.54, 1.807) is 0 Å². The van der Waals surface area contributed by atoms with E-state index >= 15 is 0 Å². The van der Waals surface area contributed by atoms with Crippen LogP contribution in [0.5, 0.6) is 0 Å². The normalized spacial score (nSPS) is 21.7. The molecule has 3 saturated carbocycles. The molecule has 3 N–H and O–H groups in total. The lowest BCUT2D eigenvalue weighted by Gasteiger charge is -2.05. The number of aliphatic hydroxyl groups is 3. The molecular weight excluding hydrogens is 444 g/mol. The van der Waals surface area contributed by atoms with Crippen LogP contribution >= 0.6 is 0 Å². The first-order valence-electron chi connectivity index (χ1n) is 16.7. The summed E-state index contributed by atoms with van der Waals surface area (Å²) in [5, 5.41) is 24.0. The van der Waals surface area contributed by atoms with Crippen molar-refractivity contribution in [2.75, 3.05) is 13.2 Å². The van der Waals surface area contributed by atoms with Crippen LogP contribution in [-0.4, -0.2) is 34.6 Å². The molecule has 0 spiro atoms. The van der Waals surface area contributed by atoms with Crippen molar-refractivity contribution < 1.29 is 15.3 Å². The molecule has 0 aromatic carbocycles. The van der Waals surface area contributed by atoms with Crippen molar-refractivity contribution in [1.82, 2.24) is 0 Å². The largest absolute Gasteiger partial charge is 0.394 e. The summed E-state index contributed by atoms with van der Waals surface area (Å²) < 4.78 is 0. The van der Waals surface area contributed by atoms with Crippen LogP contribution in [0, 0.1) is 0 Å². The molecule has 0 bridgehead atoms. The Balaban J connectivity index is 0.000000462. The third kappa shape index (κ3) is 31.9. The highest BCUT2D eigenvalue weighted by Crippen LogP contribution is 2.17. The minimum atomic E-state index is -0.954. The topological polar surface area (TPSA) is 60.7 Å². The lowest BCUT2D eigenvalue weighted by molar-refractivity contribution is 0.0450. The molecule has 0 heterocycles. The molecule has 0 amide bonds. The Labute approximate surface area is 227 Å². The summed E-state index contributed by atoms with van der Waals surface area (Å²) in [6.07, 6.45) is 44.0. The van der Waals surface area contributed by atoms with Crippen molar-refractivity contribution in [3.63, 3.8) is 0 Å². The van der Waals surface area contributed by atoms with Gasteiger partial charge in [0, 0.05) is 0 Å². The zero-order chi connectivity index (χ0) is 26.2.